The number of halogens is 1. The van der Waals surface area contributed by atoms with Crippen LogP contribution in [0.25, 0.3) is 0 Å². The number of thiocarbonyl (C=S) groups is 1. The Kier molecular flexibility index (Phi) is 3.93. The van der Waals surface area contributed by atoms with E-state index < -0.39 is 0 Å². The molecule has 2 N–H and O–H groups in total. The maximum absolute atomic E-state index is 5.78. The molecular weight excluding hydrogens is 312 g/mol. The molecule has 1 aromatic carbocycles. The zero-order chi connectivity index (χ0) is 13.1. The number of benzene rings is 1. The quantitative estimate of drug-likeness (QED) is 0.877. The maximum atomic E-state index is 5.78. The topological polar surface area (TPSA) is 48.1 Å². The van der Waals surface area contributed by atoms with Crippen molar-refractivity contribution >= 4 is 33.1 Å². The smallest absolute Gasteiger partial charge is 0.155 e. The molecule has 1 heterocycles. The van der Waals surface area contributed by atoms with Crippen LogP contribution in [0, 0.1) is 6.92 Å². The van der Waals surface area contributed by atoms with Gasteiger partial charge in [0.1, 0.15) is 10.7 Å². The second-order valence-corrected chi connectivity index (χ2v) is 5.07. The van der Waals surface area contributed by atoms with E-state index in [1.165, 1.54) is 0 Å². The van der Waals surface area contributed by atoms with Crippen LogP contribution in [0.4, 0.5) is 0 Å². The highest BCUT2D eigenvalue weighted by molar-refractivity contribution is 9.10. The van der Waals surface area contributed by atoms with Crippen LogP contribution in [0.15, 0.2) is 41.1 Å². The number of ether oxygens (including phenoxy) is 1. The van der Waals surface area contributed by atoms with E-state index in [1.807, 2.05) is 25.1 Å². The van der Waals surface area contributed by atoms with E-state index in [0.717, 1.165) is 10.0 Å². The molecule has 2 rings (SSSR count). The Morgan fingerprint density at radius 1 is 1.33 bits per heavy atom. The second-order valence-electron chi connectivity index (χ2n) is 3.77. The molecule has 0 atom stereocenters. The van der Waals surface area contributed by atoms with Gasteiger partial charge in [0.15, 0.2) is 5.75 Å². The van der Waals surface area contributed by atoms with Crippen molar-refractivity contribution in [3.05, 3.63) is 52.3 Å². The first-order valence-corrected chi connectivity index (χ1v) is 6.46. The van der Waals surface area contributed by atoms with Crippen molar-refractivity contribution in [2.45, 2.75) is 6.92 Å². The lowest BCUT2D eigenvalue weighted by molar-refractivity contribution is 0.476. The Morgan fingerprint density at radius 2 is 2.11 bits per heavy atom. The molecule has 3 nitrogen and oxygen atoms in total. The average molecular weight is 323 g/mol. The molecule has 0 aliphatic rings. The first-order chi connectivity index (χ1) is 8.58. The van der Waals surface area contributed by atoms with Crippen molar-refractivity contribution < 1.29 is 4.74 Å². The largest absolute Gasteiger partial charge is 0.454 e. The first kappa shape index (κ1) is 13.0. The first-order valence-electron chi connectivity index (χ1n) is 5.26. The van der Waals surface area contributed by atoms with Gasteiger partial charge >= 0.3 is 0 Å². The van der Waals surface area contributed by atoms with Crippen LogP contribution in [0.1, 0.15) is 11.1 Å². The number of hydrogen-bond donors (Lipinski definition) is 1. The molecule has 1 aromatic heterocycles. The van der Waals surface area contributed by atoms with Gasteiger partial charge in [-0.1, -0.05) is 18.3 Å². The van der Waals surface area contributed by atoms with Crippen molar-refractivity contribution in [1.29, 1.82) is 0 Å². The summed E-state index contributed by atoms with van der Waals surface area (Å²) >= 11 is 8.43. The van der Waals surface area contributed by atoms with Gasteiger partial charge in [-0.2, -0.15) is 0 Å². The third-order valence-corrected chi connectivity index (χ3v) is 3.20. The number of pyridine rings is 1. The van der Waals surface area contributed by atoms with Crippen LogP contribution in [0.3, 0.4) is 0 Å². The molecular formula is C13H11BrN2OS. The van der Waals surface area contributed by atoms with E-state index in [1.54, 1.807) is 18.5 Å². The molecule has 0 fully saturated rings. The Morgan fingerprint density at radius 3 is 2.78 bits per heavy atom. The number of nitrogens with two attached hydrogens (primary N) is 1. The molecule has 0 aliphatic heterocycles. The normalized spacial score (nSPS) is 10.1. The summed E-state index contributed by atoms with van der Waals surface area (Å²) in [5, 5.41) is 0. The molecule has 0 saturated carbocycles. The van der Waals surface area contributed by atoms with E-state index in [4.69, 9.17) is 22.7 Å². The van der Waals surface area contributed by atoms with Gasteiger partial charge in [0.25, 0.3) is 0 Å². The van der Waals surface area contributed by atoms with E-state index in [-0.39, 0.29) is 4.99 Å². The fourth-order valence-electron chi connectivity index (χ4n) is 1.47. The van der Waals surface area contributed by atoms with Gasteiger partial charge in [0.05, 0.1) is 16.2 Å². The van der Waals surface area contributed by atoms with Gasteiger partial charge in [-0.05, 0) is 46.6 Å². The van der Waals surface area contributed by atoms with Crippen molar-refractivity contribution in [3.63, 3.8) is 0 Å². The highest BCUT2D eigenvalue weighted by Gasteiger charge is 2.09. The minimum atomic E-state index is 0.288. The van der Waals surface area contributed by atoms with Gasteiger partial charge in [-0.25, -0.2) is 0 Å². The van der Waals surface area contributed by atoms with Crippen LogP contribution < -0.4 is 10.5 Å². The fraction of sp³-hybridized carbons (Fsp3) is 0.0769. The molecule has 0 unspecified atom stereocenters. The Labute approximate surface area is 119 Å². The van der Waals surface area contributed by atoms with Gasteiger partial charge in [-0.3, -0.25) is 4.98 Å². The number of hydrogen-bond acceptors (Lipinski definition) is 3. The summed E-state index contributed by atoms with van der Waals surface area (Å²) in [5.41, 5.74) is 7.46. The SMILES string of the molecule is Cc1ccc(Oc2cnccc2C(N)=S)c(Br)c1. The summed E-state index contributed by atoms with van der Waals surface area (Å²) in [6.07, 6.45) is 3.23. The zero-order valence-corrected chi connectivity index (χ0v) is 12.1. The van der Waals surface area contributed by atoms with Crippen LogP contribution in [0.5, 0.6) is 11.5 Å². The third-order valence-electron chi connectivity index (χ3n) is 2.36. The Bertz CT molecular complexity index is 601. The molecule has 0 spiro atoms. The average Bonchev–Trinajstić information content (AvgIpc) is 2.33. The maximum Gasteiger partial charge on any atom is 0.155 e. The third kappa shape index (κ3) is 2.86. The van der Waals surface area contributed by atoms with Crippen molar-refractivity contribution in [3.8, 4) is 11.5 Å². The van der Waals surface area contributed by atoms with Crippen molar-refractivity contribution in [1.82, 2.24) is 4.98 Å². The van der Waals surface area contributed by atoms with Gasteiger partial charge in [0.2, 0.25) is 0 Å². The predicted molar refractivity (Wildman–Crippen MR) is 79.1 cm³/mol. The lowest BCUT2D eigenvalue weighted by Gasteiger charge is -2.11. The number of aryl methyl sites for hydroxylation is 1. The molecule has 0 amide bonds. The van der Waals surface area contributed by atoms with E-state index in [2.05, 4.69) is 20.9 Å². The Hall–Kier alpha value is -1.46. The summed E-state index contributed by atoms with van der Waals surface area (Å²) in [4.78, 5) is 4.30. The number of nitrogens with zero attached hydrogens (tertiary/aromatic N) is 1. The van der Waals surface area contributed by atoms with Crippen LogP contribution >= 0.6 is 28.1 Å². The number of aromatic nitrogens is 1. The van der Waals surface area contributed by atoms with Gasteiger partial charge < -0.3 is 10.5 Å². The number of rotatable bonds is 3. The van der Waals surface area contributed by atoms with Crippen LogP contribution in [-0.4, -0.2) is 9.97 Å². The highest BCUT2D eigenvalue weighted by atomic mass is 79.9. The van der Waals surface area contributed by atoms with Crippen molar-refractivity contribution in [2.24, 2.45) is 5.73 Å². The summed E-state index contributed by atoms with van der Waals surface area (Å²) in [6.45, 7) is 2.01. The Balaban J connectivity index is 2.37. The van der Waals surface area contributed by atoms with Crippen LogP contribution in [0.2, 0.25) is 0 Å². The minimum absolute atomic E-state index is 0.288. The zero-order valence-electron chi connectivity index (χ0n) is 9.68. The van der Waals surface area contributed by atoms with E-state index in [9.17, 15) is 0 Å². The fourth-order valence-corrected chi connectivity index (χ4v) is 2.21. The van der Waals surface area contributed by atoms with E-state index in [0.29, 0.717) is 17.1 Å². The molecule has 0 aliphatic carbocycles. The standard InChI is InChI=1S/C13H11BrN2OS/c1-8-2-3-11(10(14)6-8)17-12-7-16-5-4-9(12)13(15)18/h2-7H,1H3,(H2,15,18). The molecule has 92 valence electrons. The molecule has 5 heteroatoms. The van der Waals surface area contributed by atoms with Crippen molar-refractivity contribution in [2.75, 3.05) is 0 Å². The molecule has 2 aromatic rings. The second kappa shape index (κ2) is 5.46. The minimum Gasteiger partial charge on any atom is -0.454 e. The van der Waals surface area contributed by atoms with E-state index >= 15 is 0 Å². The monoisotopic (exact) mass is 322 g/mol. The summed E-state index contributed by atoms with van der Waals surface area (Å²) < 4.78 is 6.65. The molecule has 0 bridgehead atoms. The summed E-state index contributed by atoms with van der Waals surface area (Å²) in [6, 6.07) is 7.57. The molecule has 0 radical (unpaired) electrons. The molecule has 0 saturated heterocycles. The van der Waals surface area contributed by atoms with Gasteiger partial charge in [-0.15, -0.1) is 0 Å². The van der Waals surface area contributed by atoms with Crippen LogP contribution in [-0.2, 0) is 0 Å². The summed E-state index contributed by atoms with van der Waals surface area (Å²) in [7, 11) is 0. The predicted octanol–water partition coefficient (Wildman–Crippen LogP) is 3.58. The highest BCUT2D eigenvalue weighted by Crippen LogP contribution is 2.31. The lowest BCUT2D eigenvalue weighted by atomic mass is 10.2. The van der Waals surface area contributed by atoms with Gasteiger partial charge in [0, 0.05) is 6.20 Å². The molecule has 18 heavy (non-hydrogen) atoms. The summed E-state index contributed by atoms with van der Waals surface area (Å²) in [5.74, 6) is 1.25. The lowest BCUT2D eigenvalue weighted by Crippen LogP contribution is -2.10.